The van der Waals surface area contributed by atoms with E-state index in [1.807, 2.05) is 23.9 Å². The first-order valence-electron chi connectivity index (χ1n) is 10.8. The number of thioether (sulfide) groups is 1. The van der Waals surface area contributed by atoms with E-state index >= 15 is 0 Å². The van der Waals surface area contributed by atoms with Gasteiger partial charge in [0.25, 0.3) is 0 Å². The summed E-state index contributed by atoms with van der Waals surface area (Å²) in [5, 5.41) is 10.4. The largest absolute Gasteiger partial charge is 0.491 e. The number of aliphatic hydroxyl groups excluding tert-OH is 1. The molecule has 0 saturated carbocycles. The zero-order chi connectivity index (χ0) is 20.3. The summed E-state index contributed by atoms with van der Waals surface area (Å²) in [6.07, 6.45) is 2.00. The molecule has 29 heavy (non-hydrogen) atoms. The Morgan fingerprint density at radius 3 is 2.59 bits per heavy atom. The molecule has 164 valence electrons. The average molecular weight is 425 g/mol. The summed E-state index contributed by atoms with van der Waals surface area (Å²) >= 11 is 1.99. The smallest absolute Gasteiger partial charge is 0.123 e. The normalized spacial score (nSPS) is 20.6. The van der Waals surface area contributed by atoms with Crippen LogP contribution in [0.1, 0.15) is 18.4 Å². The van der Waals surface area contributed by atoms with E-state index < -0.39 is 6.10 Å². The van der Waals surface area contributed by atoms with Crippen LogP contribution in [0.15, 0.2) is 24.3 Å². The Morgan fingerprint density at radius 1 is 1.07 bits per heavy atom. The monoisotopic (exact) mass is 424 g/mol. The van der Waals surface area contributed by atoms with Crippen LogP contribution in [0.25, 0.3) is 0 Å². The molecule has 1 N–H and O–H groups in total. The van der Waals surface area contributed by atoms with Crippen molar-refractivity contribution in [3.8, 4) is 5.75 Å². The predicted octanol–water partition coefficient (Wildman–Crippen LogP) is 2.10. The van der Waals surface area contributed by atoms with Crippen LogP contribution in [-0.2, 0) is 16.0 Å². The highest BCUT2D eigenvalue weighted by Gasteiger charge is 2.21. The van der Waals surface area contributed by atoms with Crippen molar-refractivity contribution >= 4 is 11.8 Å². The van der Waals surface area contributed by atoms with Crippen LogP contribution < -0.4 is 4.74 Å². The molecule has 0 amide bonds. The van der Waals surface area contributed by atoms with Crippen molar-refractivity contribution in [3.05, 3.63) is 29.8 Å². The van der Waals surface area contributed by atoms with Crippen molar-refractivity contribution in [1.29, 1.82) is 0 Å². The van der Waals surface area contributed by atoms with Crippen LogP contribution in [0.4, 0.5) is 0 Å². The summed E-state index contributed by atoms with van der Waals surface area (Å²) in [6.45, 7) is 7.43. The number of ether oxygens (including phenoxy) is 3. The van der Waals surface area contributed by atoms with Crippen molar-refractivity contribution in [2.45, 2.75) is 31.6 Å². The summed E-state index contributed by atoms with van der Waals surface area (Å²) in [5.41, 5.74) is 1.19. The Labute approximate surface area is 179 Å². The highest BCUT2D eigenvalue weighted by molar-refractivity contribution is 7.99. The molecule has 7 heteroatoms. The number of benzene rings is 1. The lowest BCUT2D eigenvalue weighted by molar-refractivity contribution is -0.0159. The summed E-state index contributed by atoms with van der Waals surface area (Å²) < 4.78 is 16.9. The van der Waals surface area contributed by atoms with E-state index in [1.54, 1.807) is 7.11 Å². The molecule has 0 aliphatic carbocycles. The van der Waals surface area contributed by atoms with Gasteiger partial charge in [0.2, 0.25) is 0 Å². The van der Waals surface area contributed by atoms with Gasteiger partial charge in [0.05, 0.1) is 19.3 Å². The van der Waals surface area contributed by atoms with Gasteiger partial charge in [-0.25, -0.2) is 0 Å². The van der Waals surface area contributed by atoms with Crippen LogP contribution in [-0.4, -0.2) is 98.3 Å². The summed E-state index contributed by atoms with van der Waals surface area (Å²) in [6, 6.07) is 8.21. The van der Waals surface area contributed by atoms with Gasteiger partial charge in [-0.15, -0.1) is 0 Å². The molecule has 2 aliphatic heterocycles. The summed E-state index contributed by atoms with van der Waals surface area (Å²) in [5.74, 6) is 3.20. The fraction of sp³-hybridized carbons (Fsp3) is 0.727. The van der Waals surface area contributed by atoms with Crippen LogP contribution in [0, 0.1) is 0 Å². The fourth-order valence-electron chi connectivity index (χ4n) is 3.87. The summed E-state index contributed by atoms with van der Waals surface area (Å²) in [7, 11) is 1.71. The molecule has 6 nitrogen and oxygen atoms in total. The SMILES string of the molecule is COCCOC1CCN(Cc2ccccc2OC[C@H](O)CN2CCSCC2)CC1. The maximum absolute atomic E-state index is 10.4. The first kappa shape index (κ1) is 22.8. The van der Waals surface area contributed by atoms with E-state index in [4.69, 9.17) is 14.2 Å². The van der Waals surface area contributed by atoms with E-state index in [1.165, 1.54) is 5.56 Å². The third-order valence-corrected chi connectivity index (χ3v) is 6.49. The van der Waals surface area contributed by atoms with Crippen LogP contribution in [0.5, 0.6) is 5.75 Å². The van der Waals surface area contributed by atoms with Gasteiger partial charge in [0, 0.05) is 63.4 Å². The third-order valence-electron chi connectivity index (χ3n) is 5.55. The van der Waals surface area contributed by atoms with Crippen LogP contribution >= 0.6 is 11.8 Å². The predicted molar refractivity (Wildman–Crippen MR) is 118 cm³/mol. The number of aliphatic hydroxyl groups is 1. The number of hydrogen-bond acceptors (Lipinski definition) is 7. The lowest BCUT2D eigenvalue weighted by Crippen LogP contribution is -2.40. The van der Waals surface area contributed by atoms with Crippen LogP contribution in [0.2, 0.25) is 0 Å². The number of β-amino-alcohol motifs (C(OH)–C–C–N with tert-alkyl or cyclic N) is 1. The van der Waals surface area contributed by atoms with Gasteiger partial charge < -0.3 is 19.3 Å². The lowest BCUT2D eigenvalue weighted by Gasteiger charge is -2.32. The van der Waals surface area contributed by atoms with Crippen molar-refractivity contribution < 1.29 is 19.3 Å². The van der Waals surface area contributed by atoms with Crippen molar-refractivity contribution in [2.24, 2.45) is 0 Å². The second kappa shape index (κ2) is 12.8. The van der Waals surface area contributed by atoms with Crippen LogP contribution in [0.3, 0.4) is 0 Å². The highest BCUT2D eigenvalue weighted by atomic mass is 32.2. The number of hydrogen-bond donors (Lipinski definition) is 1. The molecule has 2 fully saturated rings. The molecule has 0 aromatic heterocycles. The summed E-state index contributed by atoms with van der Waals surface area (Å²) in [4.78, 5) is 4.79. The molecular weight excluding hydrogens is 388 g/mol. The molecular formula is C22H36N2O4S. The Hall–Kier alpha value is -0.830. The van der Waals surface area contributed by atoms with Crippen molar-refractivity contribution in [3.63, 3.8) is 0 Å². The molecule has 1 aromatic carbocycles. The van der Waals surface area contributed by atoms with E-state index in [0.717, 1.165) is 62.8 Å². The number of para-hydroxylation sites is 1. The number of piperidine rings is 1. The lowest BCUT2D eigenvalue weighted by atomic mass is 10.1. The van der Waals surface area contributed by atoms with Gasteiger partial charge in [0.15, 0.2) is 0 Å². The maximum atomic E-state index is 10.4. The fourth-order valence-corrected chi connectivity index (χ4v) is 4.85. The Bertz CT molecular complexity index is 578. The van der Waals surface area contributed by atoms with Crippen molar-refractivity contribution in [1.82, 2.24) is 9.80 Å². The van der Waals surface area contributed by atoms with E-state index in [0.29, 0.717) is 32.5 Å². The number of likely N-dealkylation sites (tertiary alicyclic amines) is 1. The number of nitrogens with zero attached hydrogens (tertiary/aromatic N) is 2. The standard InChI is InChI=1S/C22H36N2O4S/c1-26-12-13-27-21-6-8-23(9-7-21)16-19-4-2-3-5-22(19)28-18-20(25)17-24-10-14-29-15-11-24/h2-5,20-21,25H,6-18H2,1H3/t20-/m1/s1. The molecule has 0 radical (unpaired) electrons. The second-order valence-corrected chi connectivity index (χ2v) is 9.05. The molecule has 3 rings (SSSR count). The topological polar surface area (TPSA) is 54.4 Å². The molecule has 2 aliphatic rings. The second-order valence-electron chi connectivity index (χ2n) is 7.82. The third kappa shape index (κ3) is 8.07. The Kier molecular flexibility index (Phi) is 10.1. The average Bonchev–Trinajstić information content (AvgIpc) is 2.75. The van der Waals surface area contributed by atoms with Gasteiger partial charge in [-0.05, 0) is 18.9 Å². The zero-order valence-electron chi connectivity index (χ0n) is 17.6. The Morgan fingerprint density at radius 2 is 1.83 bits per heavy atom. The van der Waals surface area contributed by atoms with Gasteiger partial charge in [0.1, 0.15) is 18.5 Å². The van der Waals surface area contributed by atoms with E-state index in [9.17, 15) is 5.11 Å². The highest BCUT2D eigenvalue weighted by Crippen LogP contribution is 2.23. The molecule has 2 saturated heterocycles. The van der Waals surface area contributed by atoms with Gasteiger partial charge in [-0.3, -0.25) is 9.80 Å². The minimum absolute atomic E-state index is 0.343. The van der Waals surface area contributed by atoms with E-state index in [-0.39, 0.29) is 0 Å². The first-order valence-corrected chi connectivity index (χ1v) is 11.9. The number of rotatable bonds is 11. The molecule has 0 unspecified atom stereocenters. The first-order chi connectivity index (χ1) is 14.2. The molecule has 0 bridgehead atoms. The minimum atomic E-state index is -0.453. The maximum Gasteiger partial charge on any atom is 0.123 e. The molecule has 2 heterocycles. The molecule has 0 spiro atoms. The Balaban J connectivity index is 1.42. The van der Waals surface area contributed by atoms with Crippen molar-refractivity contribution in [2.75, 3.05) is 71.2 Å². The quantitative estimate of drug-likeness (QED) is 0.546. The number of methoxy groups -OCH3 is 1. The van der Waals surface area contributed by atoms with E-state index in [2.05, 4.69) is 21.9 Å². The molecule has 1 atom stereocenters. The molecule has 1 aromatic rings. The van der Waals surface area contributed by atoms with Gasteiger partial charge >= 0.3 is 0 Å². The van der Waals surface area contributed by atoms with Gasteiger partial charge in [-0.1, -0.05) is 18.2 Å². The zero-order valence-corrected chi connectivity index (χ0v) is 18.4. The minimum Gasteiger partial charge on any atom is -0.491 e. The van der Waals surface area contributed by atoms with Gasteiger partial charge in [-0.2, -0.15) is 11.8 Å².